The topological polar surface area (TPSA) is 46.9 Å². The van der Waals surface area contributed by atoms with E-state index in [0.29, 0.717) is 12.3 Å². The molecule has 1 N–H and O–H groups in total. The molecule has 0 fully saturated rings. The largest absolute Gasteiger partial charge is 0.356 e. The summed E-state index contributed by atoms with van der Waals surface area (Å²) in [5.74, 6) is 1.92. The molecule has 1 amide bonds. The van der Waals surface area contributed by atoms with E-state index < -0.39 is 0 Å². The number of benzene rings is 3. The van der Waals surface area contributed by atoms with Crippen LogP contribution in [0.4, 0.5) is 0 Å². The number of aromatic nitrogens is 2. The molecule has 0 bridgehead atoms. The molecule has 0 saturated heterocycles. The molecule has 0 radical (unpaired) electrons. The highest BCUT2D eigenvalue weighted by molar-refractivity contribution is 5.79. The molecule has 3 aromatic carbocycles. The normalized spacial score (nSPS) is 12.1. The first kappa shape index (κ1) is 24.7. The molecule has 0 saturated carbocycles. The van der Waals surface area contributed by atoms with E-state index in [-0.39, 0.29) is 5.91 Å². The van der Waals surface area contributed by atoms with Crippen LogP contribution in [0.25, 0.3) is 22.2 Å². The number of nitrogens with zero attached hydrogens (tertiary/aromatic N) is 2. The molecule has 182 valence electrons. The number of fused-ring (bicyclic) bond motifs is 1. The summed E-state index contributed by atoms with van der Waals surface area (Å²) in [6.45, 7) is 6.30. The molecule has 1 aromatic heterocycles. The standard InChI is InChI=1S/C31H37N3O/c1-3-24(2)23-34-29-15-10-9-14-28(29)33-30(34)16-8-5-11-21-32-31(35)22-25-17-19-27(20-18-25)26-12-6-4-7-13-26/h4,6-7,9-10,12-15,17-20,24H,3,5,8,11,16,21-23H2,1-2H3,(H,32,35). The van der Waals surface area contributed by atoms with Crippen LogP contribution in [-0.2, 0) is 24.2 Å². The number of hydrogen-bond donors (Lipinski definition) is 1. The lowest BCUT2D eigenvalue weighted by molar-refractivity contribution is -0.120. The number of hydrogen-bond acceptors (Lipinski definition) is 2. The summed E-state index contributed by atoms with van der Waals surface area (Å²) in [5.41, 5.74) is 5.75. The number of carbonyl (C=O) groups is 1. The van der Waals surface area contributed by atoms with E-state index >= 15 is 0 Å². The van der Waals surface area contributed by atoms with Crippen LogP contribution in [0.5, 0.6) is 0 Å². The highest BCUT2D eigenvalue weighted by Gasteiger charge is 2.12. The minimum absolute atomic E-state index is 0.0906. The molecule has 35 heavy (non-hydrogen) atoms. The first-order chi connectivity index (χ1) is 17.1. The molecule has 4 nitrogen and oxygen atoms in total. The Morgan fingerprint density at radius 1 is 0.886 bits per heavy atom. The third-order valence-corrected chi connectivity index (χ3v) is 6.75. The summed E-state index contributed by atoms with van der Waals surface area (Å²) in [5, 5.41) is 3.08. The van der Waals surface area contributed by atoms with Crippen molar-refractivity contribution >= 4 is 16.9 Å². The lowest BCUT2D eigenvalue weighted by atomic mass is 10.0. The van der Waals surface area contributed by atoms with Gasteiger partial charge in [-0.1, -0.05) is 93.4 Å². The smallest absolute Gasteiger partial charge is 0.224 e. The Bertz CT molecular complexity index is 1210. The van der Waals surface area contributed by atoms with Crippen molar-refractivity contribution < 1.29 is 4.79 Å². The Kier molecular flexibility index (Phi) is 8.72. The van der Waals surface area contributed by atoms with Gasteiger partial charge in [-0.25, -0.2) is 4.98 Å². The lowest BCUT2D eigenvalue weighted by Crippen LogP contribution is -2.26. The number of unbranched alkanes of at least 4 members (excludes halogenated alkanes) is 2. The van der Waals surface area contributed by atoms with Gasteiger partial charge < -0.3 is 9.88 Å². The zero-order chi connectivity index (χ0) is 24.5. The van der Waals surface area contributed by atoms with Crippen LogP contribution < -0.4 is 5.32 Å². The van der Waals surface area contributed by atoms with E-state index in [1.807, 2.05) is 30.3 Å². The van der Waals surface area contributed by atoms with Crippen molar-refractivity contribution in [2.75, 3.05) is 6.54 Å². The van der Waals surface area contributed by atoms with Crippen molar-refractivity contribution in [2.24, 2.45) is 5.92 Å². The van der Waals surface area contributed by atoms with Gasteiger partial charge in [0.05, 0.1) is 17.5 Å². The van der Waals surface area contributed by atoms with Gasteiger partial charge >= 0.3 is 0 Å². The number of imidazole rings is 1. The molecule has 4 heteroatoms. The second-order valence-electron chi connectivity index (χ2n) is 9.54. The summed E-state index contributed by atoms with van der Waals surface area (Å²) in [7, 11) is 0. The Labute approximate surface area is 209 Å². The summed E-state index contributed by atoms with van der Waals surface area (Å²) in [6.07, 6.45) is 5.73. The average Bonchev–Trinajstić information content (AvgIpc) is 3.24. The molecule has 1 heterocycles. The van der Waals surface area contributed by atoms with E-state index in [2.05, 4.69) is 72.3 Å². The van der Waals surface area contributed by atoms with Gasteiger partial charge in [0.25, 0.3) is 0 Å². The molecular weight excluding hydrogens is 430 g/mol. The van der Waals surface area contributed by atoms with Gasteiger partial charge in [-0.15, -0.1) is 0 Å². The molecular formula is C31H37N3O. The maximum Gasteiger partial charge on any atom is 0.224 e. The van der Waals surface area contributed by atoms with E-state index in [4.69, 9.17) is 4.98 Å². The van der Waals surface area contributed by atoms with E-state index in [0.717, 1.165) is 49.9 Å². The fraction of sp³-hybridized carbons (Fsp3) is 0.355. The van der Waals surface area contributed by atoms with Gasteiger partial charge in [-0.2, -0.15) is 0 Å². The Morgan fingerprint density at radius 3 is 2.37 bits per heavy atom. The van der Waals surface area contributed by atoms with Crippen molar-refractivity contribution in [3.8, 4) is 11.1 Å². The van der Waals surface area contributed by atoms with Crippen LogP contribution in [0.2, 0.25) is 0 Å². The van der Waals surface area contributed by atoms with Crippen molar-refractivity contribution in [3.63, 3.8) is 0 Å². The van der Waals surface area contributed by atoms with Gasteiger partial charge in [0, 0.05) is 19.5 Å². The van der Waals surface area contributed by atoms with Crippen LogP contribution in [0.15, 0.2) is 78.9 Å². The molecule has 0 aliphatic heterocycles. The van der Waals surface area contributed by atoms with Crippen molar-refractivity contribution in [1.82, 2.24) is 14.9 Å². The molecule has 1 atom stereocenters. The van der Waals surface area contributed by atoms with Crippen LogP contribution in [0, 0.1) is 5.92 Å². The SMILES string of the molecule is CCC(C)Cn1c(CCCCCNC(=O)Cc2ccc(-c3ccccc3)cc2)nc2ccccc21. The molecule has 4 rings (SSSR count). The number of nitrogens with one attached hydrogen (secondary N) is 1. The predicted octanol–water partition coefficient (Wildman–Crippen LogP) is 6.82. The first-order valence-corrected chi connectivity index (χ1v) is 13.0. The van der Waals surface area contributed by atoms with Crippen LogP contribution in [0.1, 0.15) is 50.9 Å². The maximum atomic E-state index is 12.4. The van der Waals surface area contributed by atoms with E-state index in [1.54, 1.807) is 0 Å². The minimum atomic E-state index is 0.0906. The number of amides is 1. The summed E-state index contributed by atoms with van der Waals surface area (Å²) >= 11 is 0. The zero-order valence-corrected chi connectivity index (χ0v) is 21.0. The fourth-order valence-electron chi connectivity index (χ4n) is 4.47. The number of rotatable bonds is 12. The van der Waals surface area contributed by atoms with E-state index in [9.17, 15) is 4.79 Å². The summed E-state index contributed by atoms with van der Waals surface area (Å²) in [4.78, 5) is 17.3. The Morgan fingerprint density at radius 2 is 1.60 bits per heavy atom. The third kappa shape index (κ3) is 6.82. The van der Waals surface area contributed by atoms with Gasteiger partial charge in [0.15, 0.2) is 0 Å². The molecule has 0 aliphatic carbocycles. The summed E-state index contributed by atoms with van der Waals surface area (Å²) < 4.78 is 2.41. The van der Waals surface area contributed by atoms with Gasteiger partial charge in [0.1, 0.15) is 5.82 Å². The number of carbonyl (C=O) groups excluding carboxylic acids is 1. The molecule has 0 aliphatic rings. The second-order valence-corrected chi connectivity index (χ2v) is 9.54. The van der Waals surface area contributed by atoms with Gasteiger partial charge in [-0.3, -0.25) is 4.79 Å². The number of para-hydroxylation sites is 2. The second kappa shape index (κ2) is 12.3. The molecule has 1 unspecified atom stereocenters. The number of aryl methyl sites for hydroxylation is 1. The van der Waals surface area contributed by atoms with Gasteiger partial charge in [-0.05, 0) is 47.6 Å². The zero-order valence-electron chi connectivity index (χ0n) is 21.0. The average molecular weight is 468 g/mol. The molecule has 0 spiro atoms. The van der Waals surface area contributed by atoms with Gasteiger partial charge in [0.2, 0.25) is 5.91 Å². The van der Waals surface area contributed by atoms with Crippen molar-refractivity contribution in [3.05, 3.63) is 90.3 Å². The quantitative estimate of drug-likeness (QED) is 0.232. The van der Waals surface area contributed by atoms with Crippen LogP contribution in [-0.4, -0.2) is 22.0 Å². The maximum absolute atomic E-state index is 12.4. The van der Waals surface area contributed by atoms with Crippen LogP contribution in [0.3, 0.4) is 0 Å². The first-order valence-electron chi connectivity index (χ1n) is 13.0. The third-order valence-electron chi connectivity index (χ3n) is 6.75. The fourth-order valence-corrected chi connectivity index (χ4v) is 4.47. The van der Waals surface area contributed by atoms with Crippen LogP contribution >= 0.6 is 0 Å². The Balaban J connectivity index is 1.19. The highest BCUT2D eigenvalue weighted by Crippen LogP contribution is 2.21. The Hall–Kier alpha value is -3.40. The monoisotopic (exact) mass is 467 g/mol. The lowest BCUT2D eigenvalue weighted by Gasteiger charge is -2.14. The van der Waals surface area contributed by atoms with E-state index in [1.165, 1.54) is 28.9 Å². The minimum Gasteiger partial charge on any atom is -0.356 e. The van der Waals surface area contributed by atoms with Crippen molar-refractivity contribution in [1.29, 1.82) is 0 Å². The molecule has 4 aromatic rings. The summed E-state index contributed by atoms with van der Waals surface area (Å²) in [6, 6.07) is 27.0. The van der Waals surface area contributed by atoms with Crippen molar-refractivity contribution in [2.45, 2.75) is 58.9 Å². The highest BCUT2D eigenvalue weighted by atomic mass is 16.1. The predicted molar refractivity (Wildman–Crippen MR) is 145 cm³/mol.